The van der Waals surface area contributed by atoms with Gasteiger partial charge in [0.15, 0.2) is 0 Å². The van der Waals surface area contributed by atoms with E-state index >= 15 is 0 Å². The predicted octanol–water partition coefficient (Wildman–Crippen LogP) is 4.33. The minimum absolute atomic E-state index is 0.630. The lowest BCUT2D eigenvalue weighted by Gasteiger charge is -2.13. The molecule has 0 bridgehead atoms. The van der Waals surface area contributed by atoms with Crippen LogP contribution in [0.3, 0.4) is 0 Å². The highest BCUT2D eigenvalue weighted by molar-refractivity contribution is 5.66. The van der Waals surface area contributed by atoms with Crippen molar-refractivity contribution in [3.63, 3.8) is 0 Å². The standard InChI is InChI=1S/C14H18/c1-4-11-8-9-14-12(10(2)3)6-5-7-13(11)14/h5-11H,4H2,1-3H3. The Labute approximate surface area is 86.7 Å². The molecule has 0 aromatic heterocycles. The molecule has 0 radical (unpaired) electrons. The van der Waals surface area contributed by atoms with E-state index in [2.05, 4.69) is 51.1 Å². The molecule has 0 saturated carbocycles. The monoisotopic (exact) mass is 186 g/mol. The number of fused-ring (bicyclic) bond motifs is 1. The van der Waals surface area contributed by atoms with Crippen LogP contribution in [-0.2, 0) is 0 Å². The zero-order valence-electron chi connectivity index (χ0n) is 9.25. The molecule has 1 atom stereocenters. The van der Waals surface area contributed by atoms with Crippen LogP contribution in [-0.4, -0.2) is 0 Å². The van der Waals surface area contributed by atoms with E-state index in [9.17, 15) is 0 Å². The zero-order valence-corrected chi connectivity index (χ0v) is 9.25. The third-order valence-electron chi connectivity index (χ3n) is 3.13. The topological polar surface area (TPSA) is 0 Å². The van der Waals surface area contributed by atoms with Gasteiger partial charge in [-0.15, -0.1) is 0 Å². The van der Waals surface area contributed by atoms with E-state index in [0.717, 1.165) is 0 Å². The Morgan fingerprint density at radius 2 is 2.07 bits per heavy atom. The molecule has 1 unspecified atom stereocenters. The number of hydrogen-bond acceptors (Lipinski definition) is 0. The molecule has 0 N–H and O–H groups in total. The second kappa shape index (κ2) is 3.61. The van der Waals surface area contributed by atoms with Crippen molar-refractivity contribution in [1.82, 2.24) is 0 Å². The van der Waals surface area contributed by atoms with Gasteiger partial charge in [0.05, 0.1) is 0 Å². The van der Waals surface area contributed by atoms with Crippen LogP contribution < -0.4 is 0 Å². The molecular weight excluding hydrogens is 168 g/mol. The van der Waals surface area contributed by atoms with Gasteiger partial charge in [-0.05, 0) is 29.0 Å². The SMILES string of the molecule is CCC1C=Cc2c(C(C)C)cccc21. The van der Waals surface area contributed by atoms with Crippen LogP contribution in [0.5, 0.6) is 0 Å². The van der Waals surface area contributed by atoms with Gasteiger partial charge in [-0.2, -0.15) is 0 Å². The Morgan fingerprint density at radius 3 is 2.71 bits per heavy atom. The Bertz CT molecular complexity index is 358. The minimum Gasteiger partial charge on any atom is -0.0764 e. The molecule has 1 aliphatic carbocycles. The van der Waals surface area contributed by atoms with Gasteiger partial charge in [-0.1, -0.05) is 51.1 Å². The molecular formula is C14H18. The highest BCUT2D eigenvalue weighted by atomic mass is 14.2. The molecule has 1 aromatic carbocycles. The van der Waals surface area contributed by atoms with Gasteiger partial charge in [-0.25, -0.2) is 0 Å². The molecule has 0 heterocycles. The molecule has 0 heteroatoms. The van der Waals surface area contributed by atoms with Crippen molar-refractivity contribution >= 4 is 6.08 Å². The van der Waals surface area contributed by atoms with Crippen molar-refractivity contribution in [3.8, 4) is 0 Å². The van der Waals surface area contributed by atoms with Crippen LogP contribution in [0.4, 0.5) is 0 Å². The van der Waals surface area contributed by atoms with Crippen molar-refractivity contribution in [2.45, 2.75) is 39.0 Å². The third kappa shape index (κ3) is 1.39. The first kappa shape index (κ1) is 9.51. The predicted molar refractivity (Wildman–Crippen MR) is 62.6 cm³/mol. The van der Waals surface area contributed by atoms with Crippen molar-refractivity contribution in [3.05, 3.63) is 41.0 Å². The largest absolute Gasteiger partial charge is 0.0764 e. The van der Waals surface area contributed by atoms with Crippen molar-refractivity contribution in [2.75, 3.05) is 0 Å². The summed E-state index contributed by atoms with van der Waals surface area (Å²) in [4.78, 5) is 0. The highest BCUT2D eigenvalue weighted by Crippen LogP contribution is 2.36. The molecule has 0 aliphatic heterocycles. The summed E-state index contributed by atoms with van der Waals surface area (Å²) in [6.45, 7) is 6.79. The van der Waals surface area contributed by atoms with Crippen LogP contribution in [0.25, 0.3) is 6.08 Å². The van der Waals surface area contributed by atoms with E-state index in [1.54, 1.807) is 0 Å². The zero-order chi connectivity index (χ0) is 10.1. The van der Waals surface area contributed by atoms with Crippen LogP contribution in [0.2, 0.25) is 0 Å². The van der Waals surface area contributed by atoms with E-state index in [1.165, 1.54) is 23.1 Å². The molecule has 74 valence electrons. The summed E-state index contributed by atoms with van der Waals surface area (Å²) in [5.74, 6) is 1.29. The van der Waals surface area contributed by atoms with Gasteiger partial charge < -0.3 is 0 Å². The van der Waals surface area contributed by atoms with Crippen molar-refractivity contribution in [1.29, 1.82) is 0 Å². The van der Waals surface area contributed by atoms with Crippen LogP contribution in [0, 0.1) is 0 Å². The molecule has 2 rings (SSSR count). The van der Waals surface area contributed by atoms with Gasteiger partial charge in [0, 0.05) is 5.92 Å². The van der Waals surface area contributed by atoms with Gasteiger partial charge >= 0.3 is 0 Å². The van der Waals surface area contributed by atoms with Crippen molar-refractivity contribution in [2.24, 2.45) is 0 Å². The molecule has 0 nitrogen and oxygen atoms in total. The summed E-state index contributed by atoms with van der Waals surface area (Å²) in [6.07, 6.45) is 5.86. The lowest BCUT2D eigenvalue weighted by molar-refractivity contribution is 0.808. The van der Waals surface area contributed by atoms with E-state index < -0.39 is 0 Å². The quantitative estimate of drug-likeness (QED) is 0.645. The van der Waals surface area contributed by atoms with Gasteiger partial charge in [-0.3, -0.25) is 0 Å². The first-order chi connectivity index (χ1) is 6.74. The molecule has 0 fully saturated rings. The Balaban J connectivity index is 2.50. The fraction of sp³-hybridized carbons (Fsp3) is 0.429. The third-order valence-corrected chi connectivity index (χ3v) is 3.13. The number of allylic oxidation sites excluding steroid dienone is 1. The molecule has 0 spiro atoms. The molecule has 1 aliphatic rings. The van der Waals surface area contributed by atoms with Gasteiger partial charge in [0.25, 0.3) is 0 Å². The summed E-state index contributed by atoms with van der Waals surface area (Å²) < 4.78 is 0. The lowest BCUT2D eigenvalue weighted by Crippen LogP contribution is -1.96. The molecule has 1 aromatic rings. The molecule has 0 amide bonds. The van der Waals surface area contributed by atoms with Crippen LogP contribution in [0.15, 0.2) is 24.3 Å². The summed E-state index contributed by atoms with van der Waals surface area (Å²) >= 11 is 0. The maximum atomic E-state index is 2.34. The molecule has 0 saturated heterocycles. The smallest absolute Gasteiger partial charge is 0.00247 e. The van der Waals surface area contributed by atoms with Gasteiger partial charge in [0.1, 0.15) is 0 Å². The Morgan fingerprint density at radius 1 is 1.29 bits per heavy atom. The second-order valence-corrected chi connectivity index (χ2v) is 4.38. The minimum atomic E-state index is 0.630. The highest BCUT2D eigenvalue weighted by Gasteiger charge is 2.18. The summed E-state index contributed by atoms with van der Waals surface area (Å²) in [6, 6.07) is 6.73. The van der Waals surface area contributed by atoms with E-state index in [4.69, 9.17) is 0 Å². The number of benzene rings is 1. The summed E-state index contributed by atoms with van der Waals surface area (Å²) in [5, 5.41) is 0. The first-order valence-electron chi connectivity index (χ1n) is 5.55. The fourth-order valence-corrected chi connectivity index (χ4v) is 2.29. The average molecular weight is 186 g/mol. The van der Waals surface area contributed by atoms with E-state index in [0.29, 0.717) is 11.8 Å². The lowest BCUT2D eigenvalue weighted by atomic mass is 9.91. The maximum Gasteiger partial charge on any atom is 0.00247 e. The first-order valence-corrected chi connectivity index (χ1v) is 5.55. The van der Waals surface area contributed by atoms with Gasteiger partial charge in [0.2, 0.25) is 0 Å². The fourth-order valence-electron chi connectivity index (χ4n) is 2.29. The van der Waals surface area contributed by atoms with Crippen molar-refractivity contribution < 1.29 is 0 Å². The average Bonchev–Trinajstić information content (AvgIpc) is 2.59. The summed E-state index contributed by atoms with van der Waals surface area (Å²) in [5.41, 5.74) is 4.50. The van der Waals surface area contributed by atoms with Crippen LogP contribution >= 0.6 is 0 Å². The Hall–Kier alpha value is -1.04. The number of rotatable bonds is 2. The second-order valence-electron chi connectivity index (χ2n) is 4.38. The normalized spacial score (nSPS) is 19.0. The molecule has 14 heavy (non-hydrogen) atoms. The van der Waals surface area contributed by atoms with E-state index in [1.807, 2.05) is 0 Å². The van der Waals surface area contributed by atoms with E-state index in [-0.39, 0.29) is 0 Å². The summed E-state index contributed by atoms with van der Waals surface area (Å²) in [7, 11) is 0. The Kier molecular flexibility index (Phi) is 2.45. The maximum absolute atomic E-state index is 2.34. The van der Waals surface area contributed by atoms with Crippen LogP contribution in [0.1, 0.15) is 55.7 Å². The number of hydrogen-bond donors (Lipinski definition) is 0.